The van der Waals surface area contributed by atoms with Gasteiger partial charge in [0, 0.05) is 25.2 Å². The van der Waals surface area contributed by atoms with Crippen molar-refractivity contribution in [1.29, 1.82) is 0 Å². The first-order valence-corrected chi connectivity index (χ1v) is 11.5. The molecule has 0 bridgehead atoms. The van der Waals surface area contributed by atoms with Crippen LogP contribution in [0, 0.1) is 4.77 Å². The standard InChI is InChI=1S/C24H29N5O4S/c1-31-19-7-3-17(4-8-19)21(28-11-13-33-14-12-28)15-25-22(30)16-29-23(26-27-24(29)34)18-5-9-20(32-2)10-6-18/h3-10,21H,11-16H2,1-2H3,(H,25,30)(H,27,34). The number of carbonyl (C=O) groups is 1. The van der Waals surface area contributed by atoms with Gasteiger partial charge in [0.2, 0.25) is 5.91 Å². The molecule has 1 amide bonds. The van der Waals surface area contributed by atoms with Crippen LogP contribution in [0.5, 0.6) is 11.5 Å². The Morgan fingerprint density at radius 3 is 2.32 bits per heavy atom. The molecule has 2 N–H and O–H groups in total. The summed E-state index contributed by atoms with van der Waals surface area (Å²) in [4.78, 5) is 15.3. The van der Waals surface area contributed by atoms with E-state index in [1.807, 2.05) is 48.5 Å². The zero-order chi connectivity index (χ0) is 23.9. The molecule has 1 aliphatic heterocycles. The number of morpholine rings is 1. The highest BCUT2D eigenvalue weighted by Crippen LogP contribution is 2.24. The third-order valence-electron chi connectivity index (χ3n) is 5.89. The summed E-state index contributed by atoms with van der Waals surface area (Å²) >= 11 is 5.38. The van der Waals surface area contributed by atoms with Crippen molar-refractivity contribution in [2.75, 3.05) is 47.1 Å². The summed E-state index contributed by atoms with van der Waals surface area (Å²) in [6.07, 6.45) is 0. The van der Waals surface area contributed by atoms with E-state index >= 15 is 0 Å². The Morgan fingerprint density at radius 1 is 1.09 bits per heavy atom. The Kier molecular flexibility index (Phi) is 7.94. The maximum absolute atomic E-state index is 13.0. The topological polar surface area (TPSA) is 93.6 Å². The highest BCUT2D eigenvalue weighted by Gasteiger charge is 2.23. The number of rotatable bonds is 9. The molecule has 34 heavy (non-hydrogen) atoms. The molecule has 2 heterocycles. The fourth-order valence-corrected chi connectivity index (χ4v) is 4.20. The van der Waals surface area contributed by atoms with E-state index in [1.165, 1.54) is 0 Å². The number of amides is 1. The van der Waals surface area contributed by atoms with Crippen LogP contribution in [0.25, 0.3) is 11.4 Å². The molecule has 3 aromatic rings. The highest BCUT2D eigenvalue weighted by molar-refractivity contribution is 7.71. The van der Waals surface area contributed by atoms with Gasteiger partial charge in [-0.15, -0.1) is 0 Å². The van der Waals surface area contributed by atoms with E-state index in [9.17, 15) is 4.79 Å². The SMILES string of the molecule is COc1ccc(-c2n[nH]c(=S)n2CC(=O)NCC(c2ccc(OC)cc2)N2CCOCC2)cc1. The molecule has 180 valence electrons. The van der Waals surface area contributed by atoms with Gasteiger partial charge in [0.1, 0.15) is 18.0 Å². The van der Waals surface area contributed by atoms with E-state index in [-0.39, 0.29) is 18.5 Å². The third kappa shape index (κ3) is 5.64. The number of aromatic amines is 1. The quantitative estimate of drug-likeness (QED) is 0.452. The number of H-pyrrole nitrogens is 1. The number of carbonyl (C=O) groups excluding carboxylic acids is 1. The molecule has 1 aromatic heterocycles. The van der Waals surface area contributed by atoms with Crippen molar-refractivity contribution in [3.63, 3.8) is 0 Å². The lowest BCUT2D eigenvalue weighted by Gasteiger charge is -2.35. The van der Waals surface area contributed by atoms with Crippen molar-refractivity contribution in [3.05, 3.63) is 58.9 Å². The normalized spacial score (nSPS) is 15.0. The summed E-state index contributed by atoms with van der Waals surface area (Å²) in [6, 6.07) is 15.5. The van der Waals surface area contributed by atoms with Gasteiger partial charge in [0.25, 0.3) is 0 Å². The van der Waals surface area contributed by atoms with Crippen LogP contribution in [0.4, 0.5) is 0 Å². The Morgan fingerprint density at radius 2 is 1.71 bits per heavy atom. The van der Waals surface area contributed by atoms with E-state index in [1.54, 1.807) is 18.8 Å². The van der Waals surface area contributed by atoms with Crippen LogP contribution < -0.4 is 14.8 Å². The maximum Gasteiger partial charge on any atom is 0.240 e. The number of ether oxygens (including phenoxy) is 3. The number of methoxy groups -OCH3 is 2. The lowest BCUT2D eigenvalue weighted by atomic mass is 10.0. The average Bonchev–Trinajstić information content (AvgIpc) is 3.25. The second-order valence-corrected chi connectivity index (χ2v) is 8.30. The maximum atomic E-state index is 13.0. The largest absolute Gasteiger partial charge is 0.497 e. The van der Waals surface area contributed by atoms with Gasteiger partial charge in [-0.1, -0.05) is 12.1 Å². The van der Waals surface area contributed by atoms with E-state index in [4.69, 9.17) is 26.4 Å². The second-order valence-electron chi connectivity index (χ2n) is 7.91. The van der Waals surface area contributed by atoms with E-state index in [0.717, 1.165) is 35.7 Å². The summed E-state index contributed by atoms with van der Waals surface area (Å²) in [7, 11) is 3.27. The van der Waals surface area contributed by atoms with Gasteiger partial charge in [0.05, 0.1) is 33.5 Å². The first kappa shape index (κ1) is 23.9. The third-order valence-corrected chi connectivity index (χ3v) is 6.20. The molecular formula is C24H29N5O4S. The fraction of sp³-hybridized carbons (Fsp3) is 0.375. The molecule has 1 unspecified atom stereocenters. The van der Waals surface area contributed by atoms with Gasteiger partial charge < -0.3 is 19.5 Å². The van der Waals surface area contributed by atoms with Gasteiger partial charge in [-0.05, 0) is 54.2 Å². The number of hydrogen-bond donors (Lipinski definition) is 2. The Labute approximate surface area is 203 Å². The molecule has 1 saturated heterocycles. The molecular weight excluding hydrogens is 454 g/mol. The molecule has 4 rings (SSSR count). The number of hydrogen-bond acceptors (Lipinski definition) is 7. The molecule has 9 nitrogen and oxygen atoms in total. The zero-order valence-electron chi connectivity index (χ0n) is 19.3. The molecule has 10 heteroatoms. The van der Waals surface area contributed by atoms with Gasteiger partial charge in [-0.25, -0.2) is 0 Å². The molecule has 0 saturated carbocycles. The van der Waals surface area contributed by atoms with Crippen LogP contribution >= 0.6 is 12.2 Å². The van der Waals surface area contributed by atoms with Crippen LogP contribution in [0.3, 0.4) is 0 Å². The highest BCUT2D eigenvalue weighted by atomic mass is 32.1. The van der Waals surface area contributed by atoms with Crippen molar-refractivity contribution in [3.8, 4) is 22.9 Å². The van der Waals surface area contributed by atoms with Crippen molar-refractivity contribution in [2.45, 2.75) is 12.6 Å². The van der Waals surface area contributed by atoms with Crippen LogP contribution in [0.15, 0.2) is 48.5 Å². The number of benzene rings is 2. The summed E-state index contributed by atoms with van der Waals surface area (Å²) < 4.78 is 18.1. The number of nitrogens with one attached hydrogen (secondary N) is 2. The van der Waals surface area contributed by atoms with Gasteiger partial charge in [0.15, 0.2) is 10.6 Å². The van der Waals surface area contributed by atoms with Crippen molar-refractivity contribution in [2.24, 2.45) is 0 Å². The Hall–Kier alpha value is -3.21. The zero-order valence-corrected chi connectivity index (χ0v) is 20.1. The van der Waals surface area contributed by atoms with E-state index < -0.39 is 0 Å². The predicted octanol–water partition coefficient (Wildman–Crippen LogP) is 2.81. The molecule has 1 aliphatic rings. The number of aromatic nitrogens is 3. The lowest BCUT2D eigenvalue weighted by molar-refractivity contribution is -0.122. The fourth-order valence-electron chi connectivity index (χ4n) is 4.01. The summed E-state index contributed by atoms with van der Waals surface area (Å²) in [5, 5.41) is 10.2. The van der Waals surface area contributed by atoms with Crippen LogP contribution in [-0.4, -0.2) is 72.6 Å². The summed E-state index contributed by atoms with van der Waals surface area (Å²) in [6.45, 7) is 3.50. The summed E-state index contributed by atoms with van der Waals surface area (Å²) in [5.41, 5.74) is 1.95. The predicted molar refractivity (Wildman–Crippen MR) is 131 cm³/mol. The van der Waals surface area contributed by atoms with E-state index in [2.05, 4.69) is 20.4 Å². The van der Waals surface area contributed by atoms with Gasteiger partial charge in [-0.3, -0.25) is 19.4 Å². The first-order chi connectivity index (χ1) is 16.6. The summed E-state index contributed by atoms with van der Waals surface area (Å²) in [5.74, 6) is 2.01. The van der Waals surface area contributed by atoms with Gasteiger partial charge >= 0.3 is 0 Å². The van der Waals surface area contributed by atoms with Gasteiger partial charge in [-0.2, -0.15) is 5.10 Å². The molecule has 0 aliphatic carbocycles. The monoisotopic (exact) mass is 483 g/mol. The second kappa shape index (κ2) is 11.3. The smallest absolute Gasteiger partial charge is 0.240 e. The van der Waals surface area contributed by atoms with Crippen molar-refractivity contribution < 1.29 is 19.0 Å². The van der Waals surface area contributed by atoms with Crippen LogP contribution in [0.1, 0.15) is 11.6 Å². The Balaban J connectivity index is 1.47. The molecule has 2 aromatic carbocycles. The number of nitrogens with zero attached hydrogens (tertiary/aromatic N) is 3. The van der Waals surface area contributed by atoms with Crippen molar-refractivity contribution in [1.82, 2.24) is 25.0 Å². The van der Waals surface area contributed by atoms with Crippen LogP contribution in [0.2, 0.25) is 0 Å². The lowest BCUT2D eigenvalue weighted by Crippen LogP contribution is -2.44. The van der Waals surface area contributed by atoms with Crippen molar-refractivity contribution >= 4 is 18.1 Å². The minimum atomic E-state index is -0.140. The average molecular weight is 484 g/mol. The molecule has 1 atom stereocenters. The van der Waals surface area contributed by atoms with E-state index in [0.29, 0.717) is 30.4 Å². The molecule has 0 spiro atoms. The minimum Gasteiger partial charge on any atom is -0.497 e. The molecule has 0 radical (unpaired) electrons. The first-order valence-electron chi connectivity index (χ1n) is 11.1. The minimum absolute atomic E-state index is 0.0251. The molecule has 1 fully saturated rings. The Bertz CT molecular complexity index is 1140. The van der Waals surface area contributed by atoms with Crippen LogP contribution in [-0.2, 0) is 16.1 Å².